The second-order valence-corrected chi connectivity index (χ2v) is 7.08. The maximum atomic E-state index is 12.0. The first kappa shape index (κ1) is 13.5. The Morgan fingerprint density at radius 3 is 2.65 bits per heavy atom. The average molecular weight is 272 g/mol. The van der Waals surface area contributed by atoms with Gasteiger partial charge in [-0.1, -0.05) is 19.9 Å². The highest BCUT2D eigenvalue weighted by atomic mass is 16.1. The van der Waals surface area contributed by atoms with E-state index in [0.29, 0.717) is 17.5 Å². The number of carbonyl (C=O) groups is 1. The van der Waals surface area contributed by atoms with Gasteiger partial charge in [-0.3, -0.25) is 4.79 Å². The van der Waals surface area contributed by atoms with Crippen molar-refractivity contribution >= 4 is 11.6 Å². The predicted molar refractivity (Wildman–Crippen MR) is 82.0 cm³/mol. The van der Waals surface area contributed by atoms with E-state index >= 15 is 0 Å². The molecule has 1 atom stereocenters. The SMILES string of the molecule is CC1(C)CCC(Nc2cccc(C(=O)NC3CC3)c2)C1. The lowest BCUT2D eigenvalue weighted by Crippen LogP contribution is -2.25. The molecule has 0 radical (unpaired) electrons. The van der Waals surface area contributed by atoms with E-state index in [1.165, 1.54) is 19.3 Å². The zero-order valence-corrected chi connectivity index (χ0v) is 12.4. The first-order valence-corrected chi connectivity index (χ1v) is 7.69. The van der Waals surface area contributed by atoms with Gasteiger partial charge in [0.1, 0.15) is 0 Å². The number of benzene rings is 1. The van der Waals surface area contributed by atoms with Crippen LogP contribution in [0, 0.1) is 5.41 Å². The van der Waals surface area contributed by atoms with Crippen LogP contribution in [-0.2, 0) is 0 Å². The Bertz CT molecular complexity index is 505. The predicted octanol–water partition coefficient (Wildman–Crippen LogP) is 3.57. The van der Waals surface area contributed by atoms with Crippen LogP contribution in [0.4, 0.5) is 5.69 Å². The molecule has 1 unspecified atom stereocenters. The van der Waals surface area contributed by atoms with Crippen LogP contribution in [0.2, 0.25) is 0 Å². The summed E-state index contributed by atoms with van der Waals surface area (Å²) in [4.78, 5) is 12.0. The molecular formula is C17H24N2O. The van der Waals surface area contributed by atoms with Crippen molar-refractivity contribution in [1.82, 2.24) is 5.32 Å². The maximum Gasteiger partial charge on any atom is 0.251 e. The van der Waals surface area contributed by atoms with E-state index < -0.39 is 0 Å². The molecule has 2 aliphatic rings. The van der Waals surface area contributed by atoms with Crippen LogP contribution < -0.4 is 10.6 Å². The molecule has 0 saturated heterocycles. The van der Waals surface area contributed by atoms with E-state index in [2.05, 4.69) is 30.5 Å². The number of amides is 1. The summed E-state index contributed by atoms with van der Waals surface area (Å²) in [5.74, 6) is 0.0582. The Balaban J connectivity index is 1.63. The van der Waals surface area contributed by atoms with E-state index in [4.69, 9.17) is 0 Å². The van der Waals surface area contributed by atoms with Crippen molar-refractivity contribution in [3.05, 3.63) is 29.8 Å². The Morgan fingerprint density at radius 2 is 2.00 bits per heavy atom. The topological polar surface area (TPSA) is 41.1 Å². The molecule has 2 aliphatic carbocycles. The Labute approximate surface area is 121 Å². The summed E-state index contributed by atoms with van der Waals surface area (Å²) in [5.41, 5.74) is 2.27. The normalized spacial score (nSPS) is 24.4. The van der Waals surface area contributed by atoms with Crippen molar-refractivity contribution in [3.63, 3.8) is 0 Å². The standard InChI is InChI=1S/C17H24N2O/c1-17(2)9-8-15(11-17)18-14-5-3-4-12(10-14)16(20)19-13-6-7-13/h3-5,10,13,15,18H,6-9,11H2,1-2H3,(H,19,20). The number of anilines is 1. The Hall–Kier alpha value is -1.51. The molecule has 0 aromatic heterocycles. The van der Waals surface area contributed by atoms with E-state index in [1.54, 1.807) is 0 Å². The first-order valence-electron chi connectivity index (χ1n) is 7.69. The van der Waals surface area contributed by atoms with Crippen molar-refractivity contribution in [2.24, 2.45) is 5.41 Å². The van der Waals surface area contributed by atoms with Gasteiger partial charge in [-0.2, -0.15) is 0 Å². The third-order valence-corrected chi connectivity index (χ3v) is 4.38. The molecule has 108 valence electrons. The molecule has 0 bridgehead atoms. The second kappa shape index (κ2) is 5.12. The van der Waals surface area contributed by atoms with Crippen LogP contribution in [-0.4, -0.2) is 18.0 Å². The van der Waals surface area contributed by atoms with Crippen molar-refractivity contribution in [1.29, 1.82) is 0 Å². The third kappa shape index (κ3) is 3.33. The molecule has 2 saturated carbocycles. The molecule has 1 amide bonds. The Kier molecular flexibility index (Phi) is 3.45. The molecular weight excluding hydrogens is 248 g/mol. The van der Waals surface area contributed by atoms with Gasteiger partial charge in [0.15, 0.2) is 0 Å². The van der Waals surface area contributed by atoms with Crippen molar-refractivity contribution < 1.29 is 4.79 Å². The monoisotopic (exact) mass is 272 g/mol. The Morgan fingerprint density at radius 1 is 1.20 bits per heavy atom. The van der Waals surface area contributed by atoms with E-state index in [-0.39, 0.29) is 5.91 Å². The van der Waals surface area contributed by atoms with Crippen molar-refractivity contribution in [3.8, 4) is 0 Å². The zero-order chi connectivity index (χ0) is 14.2. The summed E-state index contributed by atoms with van der Waals surface area (Å²) in [5, 5.41) is 6.62. The molecule has 2 fully saturated rings. The van der Waals surface area contributed by atoms with Gasteiger partial charge in [-0.05, 0) is 55.7 Å². The van der Waals surface area contributed by atoms with Crippen LogP contribution in [0.5, 0.6) is 0 Å². The van der Waals surface area contributed by atoms with Crippen LogP contribution in [0.15, 0.2) is 24.3 Å². The molecule has 1 aromatic carbocycles. The van der Waals surface area contributed by atoms with Crippen molar-refractivity contribution in [2.45, 2.75) is 58.0 Å². The summed E-state index contributed by atoms with van der Waals surface area (Å²) in [6.07, 6.45) is 5.94. The summed E-state index contributed by atoms with van der Waals surface area (Å²) < 4.78 is 0. The van der Waals surface area contributed by atoms with Gasteiger partial charge in [-0.25, -0.2) is 0 Å². The van der Waals surface area contributed by atoms with Gasteiger partial charge in [0.25, 0.3) is 5.91 Å². The number of nitrogens with one attached hydrogen (secondary N) is 2. The van der Waals surface area contributed by atoms with E-state index in [1.807, 2.05) is 18.2 Å². The fourth-order valence-corrected chi connectivity index (χ4v) is 3.04. The summed E-state index contributed by atoms with van der Waals surface area (Å²) in [7, 11) is 0. The maximum absolute atomic E-state index is 12.0. The number of rotatable bonds is 4. The van der Waals surface area contributed by atoms with E-state index in [0.717, 1.165) is 24.1 Å². The van der Waals surface area contributed by atoms with Crippen LogP contribution in [0.25, 0.3) is 0 Å². The molecule has 3 heteroatoms. The number of hydrogen-bond acceptors (Lipinski definition) is 2. The molecule has 0 spiro atoms. The second-order valence-electron chi connectivity index (χ2n) is 7.08. The lowest BCUT2D eigenvalue weighted by molar-refractivity contribution is 0.0951. The lowest BCUT2D eigenvalue weighted by atomic mass is 9.92. The molecule has 3 nitrogen and oxygen atoms in total. The fourth-order valence-electron chi connectivity index (χ4n) is 3.04. The third-order valence-electron chi connectivity index (χ3n) is 4.38. The highest BCUT2D eigenvalue weighted by Gasteiger charge is 2.30. The minimum atomic E-state index is 0.0582. The van der Waals surface area contributed by atoms with Gasteiger partial charge < -0.3 is 10.6 Å². The first-order chi connectivity index (χ1) is 9.52. The lowest BCUT2D eigenvalue weighted by Gasteiger charge is -2.19. The van der Waals surface area contributed by atoms with E-state index in [9.17, 15) is 4.79 Å². The van der Waals surface area contributed by atoms with Gasteiger partial charge in [-0.15, -0.1) is 0 Å². The van der Waals surface area contributed by atoms with Gasteiger partial charge in [0.05, 0.1) is 0 Å². The molecule has 1 aromatic rings. The molecule has 3 rings (SSSR count). The van der Waals surface area contributed by atoms with Gasteiger partial charge >= 0.3 is 0 Å². The highest BCUT2D eigenvalue weighted by molar-refractivity contribution is 5.95. The summed E-state index contributed by atoms with van der Waals surface area (Å²) >= 11 is 0. The average Bonchev–Trinajstić information content (AvgIpc) is 3.14. The zero-order valence-electron chi connectivity index (χ0n) is 12.4. The molecule has 0 heterocycles. The number of hydrogen-bond donors (Lipinski definition) is 2. The summed E-state index contributed by atoms with van der Waals surface area (Å²) in [6, 6.07) is 8.83. The molecule has 0 aliphatic heterocycles. The largest absolute Gasteiger partial charge is 0.382 e. The molecule has 20 heavy (non-hydrogen) atoms. The van der Waals surface area contributed by atoms with Gasteiger partial charge in [0.2, 0.25) is 0 Å². The highest BCUT2D eigenvalue weighted by Crippen LogP contribution is 2.38. The minimum absolute atomic E-state index is 0.0582. The van der Waals surface area contributed by atoms with Gasteiger partial charge in [0, 0.05) is 23.3 Å². The van der Waals surface area contributed by atoms with Crippen LogP contribution in [0.3, 0.4) is 0 Å². The fraction of sp³-hybridized carbons (Fsp3) is 0.588. The minimum Gasteiger partial charge on any atom is -0.382 e. The van der Waals surface area contributed by atoms with Crippen molar-refractivity contribution in [2.75, 3.05) is 5.32 Å². The quantitative estimate of drug-likeness (QED) is 0.879. The van der Waals surface area contributed by atoms with Crippen LogP contribution >= 0.6 is 0 Å². The summed E-state index contributed by atoms with van der Waals surface area (Å²) in [6.45, 7) is 4.66. The number of carbonyl (C=O) groups excluding carboxylic acids is 1. The van der Waals surface area contributed by atoms with Crippen LogP contribution in [0.1, 0.15) is 56.3 Å². The smallest absolute Gasteiger partial charge is 0.251 e. The molecule has 2 N–H and O–H groups in total.